The van der Waals surface area contributed by atoms with Gasteiger partial charge in [0.05, 0.1) is 5.92 Å². The number of amides is 2. The number of benzene rings is 2. The average molecular weight is 312 g/mol. The lowest BCUT2D eigenvalue weighted by molar-refractivity contribution is -0.123. The Hall–Kier alpha value is -2.69. The molecule has 0 heterocycles. The summed E-state index contributed by atoms with van der Waals surface area (Å²) in [7, 11) is 0. The smallest absolute Gasteiger partial charge is 0.269 e. The number of rotatable bonds is 2. The molecule has 2 amide bonds. The standard InChI is InChI=1S/C18H17FN2O2/c19-14-10-8-13(9-11-14)17(22)20-21-18(23)16-7-3-5-12-4-1-2-6-15(12)16/h1-2,4,6,8-11,16H,3,5,7H2,(H,20,22)(H,21,23). The fourth-order valence-electron chi connectivity index (χ4n) is 2.91. The predicted molar refractivity (Wildman–Crippen MR) is 84.1 cm³/mol. The van der Waals surface area contributed by atoms with E-state index < -0.39 is 11.7 Å². The van der Waals surface area contributed by atoms with Crippen molar-refractivity contribution in [3.63, 3.8) is 0 Å². The summed E-state index contributed by atoms with van der Waals surface area (Å²) in [6, 6.07) is 13.0. The Morgan fingerprint density at radius 2 is 1.74 bits per heavy atom. The highest BCUT2D eigenvalue weighted by atomic mass is 19.1. The summed E-state index contributed by atoms with van der Waals surface area (Å²) in [6.45, 7) is 0. The minimum atomic E-state index is -0.470. The molecule has 23 heavy (non-hydrogen) atoms. The molecular formula is C18H17FN2O2. The van der Waals surface area contributed by atoms with Crippen molar-refractivity contribution in [1.82, 2.24) is 10.9 Å². The molecule has 0 aliphatic heterocycles. The minimum Gasteiger partial charge on any atom is -0.273 e. The second-order valence-electron chi connectivity index (χ2n) is 5.59. The fourth-order valence-corrected chi connectivity index (χ4v) is 2.91. The van der Waals surface area contributed by atoms with Crippen LogP contribution in [0.5, 0.6) is 0 Å². The van der Waals surface area contributed by atoms with E-state index >= 15 is 0 Å². The number of fused-ring (bicyclic) bond motifs is 1. The van der Waals surface area contributed by atoms with Crippen LogP contribution < -0.4 is 10.9 Å². The van der Waals surface area contributed by atoms with Gasteiger partial charge in [0, 0.05) is 5.56 Å². The second kappa shape index (κ2) is 6.60. The van der Waals surface area contributed by atoms with E-state index in [2.05, 4.69) is 10.9 Å². The monoisotopic (exact) mass is 312 g/mol. The highest BCUT2D eigenvalue weighted by Gasteiger charge is 2.26. The molecule has 0 saturated carbocycles. The summed E-state index contributed by atoms with van der Waals surface area (Å²) in [5.41, 5.74) is 7.35. The normalized spacial score (nSPS) is 16.3. The SMILES string of the molecule is O=C(NNC(=O)C1CCCc2ccccc21)c1ccc(F)cc1. The van der Waals surface area contributed by atoms with E-state index in [1.54, 1.807) is 0 Å². The zero-order valence-electron chi connectivity index (χ0n) is 12.5. The number of carbonyl (C=O) groups excluding carboxylic acids is 2. The third-order valence-electron chi connectivity index (χ3n) is 4.09. The van der Waals surface area contributed by atoms with E-state index in [1.807, 2.05) is 24.3 Å². The maximum Gasteiger partial charge on any atom is 0.269 e. The van der Waals surface area contributed by atoms with Crippen molar-refractivity contribution in [1.29, 1.82) is 0 Å². The lowest BCUT2D eigenvalue weighted by Gasteiger charge is -2.24. The first-order chi connectivity index (χ1) is 11.1. The van der Waals surface area contributed by atoms with Crippen molar-refractivity contribution in [3.8, 4) is 0 Å². The van der Waals surface area contributed by atoms with E-state index in [9.17, 15) is 14.0 Å². The molecule has 1 aliphatic carbocycles. The van der Waals surface area contributed by atoms with Crippen LogP contribution in [0.15, 0.2) is 48.5 Å². The van der Waals surface area contributed by atoms with Gasteiger partial charge in [-0.05, 0) is 54.7 Å². The zero-order chi connectivity index (χ0) is 16.2. The molecule has 4 nitrogen and oxygen atoms in total. The lowest BCUT2D eigenvalue weighted by Crippen LogP contribution is -2.44. The Kier molecular flexibility index (Phi) is 4.37. The maximum absolute atomic E-state index is 12.8. The van der Waals surface area contributed by atoms with E-state index in [0.717, 1.165) is 24.8 Å². The third kappa shape index (κ3) is 3.39. The van der Waals surface area contributed by atoms with Crippen LogP contribution in [0.4, 0.5) is 4.39 Å². The van der Waals surface area contributed by atoms with Crippen LogP contribution in [0.2, 0.25) is 0 Å². The van der Waals surface area contributed by atoms with Crippen LogP contribution in [-0.4, -0.2) is 11.8 Å². The molecule has 2 aromatic rings. The number of aryl methyl sites for hydroxylation is 1. The summed E-state index contributed by atoms with van der Waals surface area (Å²) >= 11 is 0. The van der Waals surface area contributed by atoms with Gasteiger partial charge in [0.2, 0.25) is 5.91 Å². The van der Waals surface area contributed by atoms with Crippen molar-refractivity contribution in [2.24, 2.45) is 0 Å². The molecule has 1 unspecified atom stereocenters. The first kappa shape index (κ1) is 15.2. The van der Waals surface area contributed by atoms with Crippen LogP contribution in [-0.2, 0) is 11.2 Å². The number of halogens is 1. The van der Waals surface area contributed by atoms with Gasteiger partial charge < -0.3 is 0 Å². The van der Waals surface area contributed by atoms with Gasteiger partial charge in [0.1, 0.15) is 5.82 Å². The number of hydrogen-bond donors (Lipinski definition) is 2. The van der Waals surface area contributed by atoms with E-state index in [0.29, 0.717) is 0 Å². The summed E-state index contributed by atoms with van der Waals surface area (Å²) in [5.74, 6) is -1.37. The first-order valence-corrected chi connectivity index (χ1v) is 7.59. The van der Waals surface area contributed by atoms with E-state index in [4.69, 9.17) is 0 Å². The summed E-state index contributed by atoms with van der Waals surface area (Å²) in [4.78, 5) is 24.3. The minimum absolute atomic E-state index is 0.229. The van der Waals surface area contributed by atoms with Crippen LogP contribution in [0, 0.1) is 5.82 Å². The molecule has 2 aromatic carbocycles. The molecule has 0 spiro atoms. The van der Waals surface area contributed by atoms with Gasteiger partial charge in [-0.25, -0.2) is 4.39 Å². The first-order valence-electron chi connectivity index (χ1n) is 7.59. The second-order valence-corrected chi connectivity index (χ2v) is 5.59. The Labute approximate surface area is 133 Å². The van der Waals surface area contributed by atoms with Gasteiger partial charge in [-0.1, -0.05) is 24.3 Å². The summed E-state index contributed by atoms with van der Waals surface area (Å²) < 4.78 is 12.8. The molecule has 0 saturated heterocycles. The summed E-state index contributed by atoms with van der Waals surface area (Å²) in [5, 5.41) is 0. The van der Waals surface area contributed by atoms with Gasteiger partial charge >= 0.3 is 0 Å². The molecule has 0 fully saturated rings. The van der Waals surface area contributed by atoms with E-state index in [1.165, 1.54) is 29.8 Å². The number of hydrogen-bond acceptors (Lipinski definition) is 2. The van der Waals surface area contributed by atoms with Crippen LogP contribution >= 0.6 is 0 Å². The highest BCUT2D eigenvalue weighted by molar-refractivity contribution is 5.96. The van der Waals surface area contributed by atoms with E-state index in [-0.39, 0.29) is 17.4 Å². The van der Waals surface area contributed by atoms with Crippen molar-refractivity contribution in [2.45, 2.75) is 25.2 Å². The van der Waals surface area contributed by atoms with Gasteiger partial charge in [-0.3, -0.25) is 20.4 Å². The van der Waals surface area contributed by atoms with Crippen molar-refractivity contribution < 1.29 is 14.0 Å². The van der Waals surface area contributed by atoms with Crippen molar-refractivity contribution in [3.05, 3.63) is 71.0 Å². The van der Waals surface area contributed by atoms with Crippen molar-refractivity contribution in [2.75, 3.05) is 0 Å². The third-order valence-corrected chi connectivity index (χ3v) is 4.09. The number of hydrazine groups is 1. The Morgan fingerprint density at radius 3 is 2.52 bits per heavy atom. The number of carbonyl (C=O) groups is 2. The predicted octanol–water partition coefficient (Wildman–Crippen LogP) is 2.71. The molecule has 0 bridgehead atoms. The average Bonchev–Trinajstić information content (AvgIpc) is 2.59. The van der Waals surface area contributed by atoms with Crippen LogP contribution in [0.3, 0.4) is 0 Å². The molecule has 1 aliphatic rings. The molecule has 1 atom stereocenters. The molecule has 2 N–H and O–H groups in total. The largest absolute Gasteiger partial charge is 0.273 e. The Morgan fingerprint density at radius 1 is 1.00 bits per heavy atom. The molecule has 3 rings (SSSR count). The van der Waals surface area contributed by atoms with Crippen LogP contribution in [0.25, 0.3) is 0 Å². The van der Waals surface area contributed by atoms with Gasteiger partial charge in [-0.15, -0.1) is 0 Å². The van der Waals surface area contributed by atoms with Gasteiger partial charge in [0.15, 0.2) is 0 Å². The fraction of sp³-hybridized carbons (Fsp3) is 0.222. The quantitative estimate of drug-likeness (QED) is 0.838. The molecular weight excluding hydrogens is 295 g/mol. The molecule has 0 aromatic heterocycles. The lowest BCUT2D eigenvalue weighted by atomic mass is 9.82. The summed E-state index contributed by atoms with van der Waals surface area (Å²) in [6.07, 6.45) is 2.68. The maximum atomic E-state index is 12.8. The highest BCUT2D eigenvalue weighted by Crippen LogP contribution is 2.31. The number of nitrogens with one attached hydrogen (secondary N) is 2. The Balaban J connectivity index is 1.64. The molecule has 118 valence electrons. The molecule has 5 heteroatoms. The van der Waals surface area contributed by atoms with Crippen molar-refractivity contribution >= 4 is 11.8 Å². The molecule has 0 radical (unpaired) electrons. The van der Waals surface area contributed by atoms with Gasteiger partial charge in [-0.2, -0.15) is 0 Å². The van der Waals surface area contributed by atoms with Crippen LogP contribution in [0.1, 0.15) is 40.2 Å². The Bertz CT molecular complexity index is 728. The topological polar surface area (TPSA) is 58.2 Å². The zero-order valence-corrected chi connectivity index (χ0v) is 12.5. The van der Waals surface area contributed by atoms with Gasteiger partial charge in [0.25, 0.3) is 5.91 Å².